The van der Waals surface area contributed by atoms with E-state index >= 15 is 0 Å². The highest BCUT2D eigenvalue weighted by molar-refractivity contribution is 9.09. The summed E-state index contributed by atoms with van der Waals surface area (Å²) in [4.78, 5) is 11.2. The summed E-state index contributed by atoms with van der Waals surface area (Å²) in [5.41, 5.74) is 0.0428. The van der Waals surface area contributed by atoms with E-state index < -0.39 is 11.7 Å². The van der Waals surface area contributed by atoms with Crippen molar-refractivity contribution < 1.29 is 19.0 Å². The average molecular weight is 298 g/mol. The van der Waals surface area contributed by atoms with Crippen LogP contribution in [0.3, 0.4) is 0 Å². The van der Waals surface area contributed by atoms with Crippen molar-refractivity contribution in [2.75, 3.05) is 31.9 Å². The van der Waals surface area contributed by atoms with E-state index in [2.05, 4.69) is 21.2 Å². The van der Waals surface area contributed by atoms with Gasteiger partial charge in [-0.25, -0.2) is 4.79 Å². The zero-order valence-electron chi connectivity index (χ0n) is 10.0. The predicted octanol–water partition coefficient (Wildman–Crippen LogP) is 1.90. The topological polar surface area (TPSA) is 56.8 Å². The van der Waals surface area contributed by atoms with Gasteiger partial charge in [-0.2, -0.15) is 0 Å². The van der Waals surface area contributed by atoms with Gasteiger partial charge in [0.2, 0.25) is 0 Å². The number of amides is 1. The molecule has 0 unspecified atom stereocenters. The Labute approximate surface area is 105 Å². The lowest BCUT2D eigenvalue weighted by Gasteiger charge is -2.19. The van der Waals surface area contributed by atoms with Gasteiger partial charge in [0.15, 0.2) is 0 Å². The number of ether oxygens (including phenoxy) is 3. The summed E-state index contributed by atoms with van der Waals surface area (Å²) in [5.74, 6) is 0. The summed E-state index contributed by atoms with van der Waals surface area (Å²) in [6, 6.07) is 0. The third-order valence-corrected chi connectivity index (χ3v) is 1.69. The van der Waals surface area contributed by atoms with Crippen molar-refractivity contribution in [1.82, 2.24) is 5.32 Å². The van der Waals surface area contributed by atoms with Crippen LogP contribution in [0, 0.1) is 0 Å². The molecule has 0 fully saturated rings. The van der Waals surface area contributed by atoms with Gasteiger partial charge in [-0.1, -0.05) is 15.9 Å². The molecule has 0 radical (unpaired) electrons. The summed E-state index contributed by atoms with van der Waals surface area (Å²) < 4.78 is 15.3. The van der Waals surface area contributed by atoms with Crippen molar-refractivity contribution in [3.8, 4) is 0 Å². The van der Waals surface area contributed by atoms with Crippen LogP contribution in [0.25, 0.3) is 0 Å². The van der Waals surface area contributed by atoms with Crippen LogP contribution in [0.5, 0.6) is 0 Å². The smallest absolute Gasteiger partial charge is 0.407 e. The maximum absolute atomic E-state index is 11.2. The van der Waals surface area contributed by atoms with Crippen LogP contribution in [0.1, 0.15) is 20.8 Å². The van der Waals surface area contributed by atoms with Crippen molar-refractivity contribution in [2.45, 2.75) is 26.4 Å². The molecule has 5 nitrogen and oxygen atoms in total. The summed E-state index contributed by atoms with van der Waals surface area (Å²) in [7, 11) is 0. The van der Waals surface area contributed by atoms with Crippen molar-refractivity contribution >= 4 is 22.0 Å². The molecule has 96 valence electrons. The van der Waals surface area contributed by atoms with E-state index in [1.807, 2.05) is 20.8 Å². The van der Waals surface area contributed by atoms with Crippen LogP contribution in [-0.2, 0) is 14.2 Å². The Bertz CT molecular complexity index is 194. The van der Waals surface area contributed by atoms with Gasteiger partial charge in [0.05, 0.1) is 19.8 Å². The van der Waals surface area contributed by atoms with E-state index in [1.54, 1.807) is 0 Å². The molecule has 6 heteroatoms. The molecule has 0 aliphatic heterocycles. The fourth-order valence-electron chi connectivity index (χ4n) is 0.814. The zero-order chi connectivity index (χ0) is 12.4. The summed E-state index contributed by atoms with van der Waals surface area (Å²) in [6.07, 6.45) is -0.423. The van der Waals surface area contributed by atoms with E-state index in [0.717, 1.165) is 0 Å². The second kappa shape index (κ2) is 8.78. The lowest BCUT2D eigenvalue weighted by atomic mass is 10.2. The molecule has 0 heterocycles. The number of rotatable bonds is 7. The van der Waals surface area contributed by atoms with Crippen LogP contribution < -0.4 is 5.32 Å². The Morgan fingerprint density at radius 3 is 2.38 bits per heavy atom. The van der Waals surface area contributed by atoms with Crippen LogP contribution in [-0.4, -0.2) is 43.6 Å². The minimum absolute atomic E-state index is 0.423. The van der Waals surface area contributed by atoms with Gasteiger partial charge < -0.3 is 19.5 Å². The molecule has 0 aliphatic carbocycles. The first kappa shape index (κ1) is 15.7. The molecular weight excluding hydrogens is 278 g/mol. The molecule has 0 aliphatic rings. The van der Waals surface area contributed by atoms with Crippen LogP contribution in [0.2, 0.25) is 0 Å². The Balaban J connectivity index is 3.28. The van der Waals surface area contributed by atoms with Gasteiger partial charge in [-0.05, 0) is 20.8 Å². The van der Waals surface area contributed by atoms with E-state index in [1.165, 1.54) is 0 Å². The van der Waals surface area contributed by atoms with E-state index in [4.69, 9.17) is 14.2 Å². The fourth-order valence-corrected chi connectivity index (χ4v) is 1.04. The molecule has 16 heavy (non-hydrogen) atoms. The van der Waals surface area contributed by atoms with Crippen LogP contribution in [0.4, 0.5) is 4.79 Å². The van der Waals surface area contributed by atoms with E-state index in [-0.39, 0.29) is 0 Å². The lowest BCUT2D eigenvalue weighted by Crippen LogP contribution is -2.34. The second-order valence-electron chi connectivity index (χ2n) is 4.06. The van der Waals surface area contributed by atoms with Gasteiger partial charge >= 0.3 is 6.09 Å². The van der Waals surface area contributed by atoms with Gasteiger partial charge in [0, 0.05) is 6.54 Å². The normalized spacial score (nSPS) is 11.2. The monoisotopic (exact) mass is 297 g/mol. The highest BCUT2D eigenvalue weighted by Crippen LogP contribution is 2.05. The minimum atomic E-state index is -0.464. The molecule has 0 aromatic carbocycles. The van der Waals surface area contributed by atoms with Gasteiger partial charge in [-0.15, -0.1) is 0 Å². The second-order valence-corrected chi connectivity index (χ2v) is 4.52. The first-order chi connectivity index (χ1) is 7.45. The first-order valence-electron chi connectivity index (χ1n) is 5.14. The molecule has 0 bridgehead atoms. The highest BCUT2D eigenvalue weighted by Gasteiger charge is 2.15. The number of carbonyl (C=O) groups is 1. The van der Waals surface area contributed by atoms with Crippen molar-refractivity contribution in [2.24, 2.45) is 0 Å². The Kier molecular flexibility index (Phi) is 8.60. The molecule has 0 rings (SSSR count). The zero-order valence-corrected chi connectivity index (χ0v) is 11.6. The Morgan fingerprint density at radius 1 is 1.19 bits per heavy atom. The van der Waals surface area contributed by atoms with Crippen LogP contribution >= 0.6 is 15.9 Å². The number of alkyl halides is 1. The average Bonchev–Trinajstić information content (AvgIpc) is 2.13. The first-order valence-corrected chi connectivity index (χ1v) is 6.26. The summed E-state index contributed by atoms with van der Waals surface area (Å²) in [5, 5.41) is 2.59. The predicted molar refractivity (Wildman–Crippen MR) is 64.8 cm³/mol. The number of halogens is 1. The molecule has 1 N–H and O–H groups in total. The SMILES string of the molecule is CC(C)(C)OC(=O)NCCOCCOCBr. The maximum atomic E-state index is 11.2. The largest absolute Gasteiger partial charge is 0.444 e. The Morgan fingerprint density at radius 2 is 1.81 bits per heavy atom. The number of hydrogen-bond acceptors (Lipinski definition) is 4. The van der Waals surface area contributed by atoms with E-state index in [9.17, 15) is 4.79 Å². The number of alkyl carbamates (subject to hydrolysis) is 1. The number of nitrogens with one attached hydrogen (secondary N) is 1. The third kappa shape index (κ3) is 11.7. The molecule has 0 aromatic rings. The van der Waals surface area contributed by atoms with Gasteiger partial charge in [0.25, 0.3) is 0 Å². The lowest BCUT2D eigenvalue weighted by molar-refractivity contribution is 0.0457. The molecule has 0 atom stereocenters. The molecule has 0 saturated carbocycles. The number of carbonyl (C=O) groups excluding carboxylic acids is 1. The summed E-state index contributed by atoms with van der Waals surface area (Å²) in [6.45, 7) is 7.40. The van der Waals surface area contributed by atoms with Gasteiger partial charge in [0.1, 0.15) is 11.1 Å². The highest BCUT2D eigenvalue weighted by atomic mass is 79.9. The molecule has 1 amide bonds. The molecule has 0 spiro atoms. The van der Waals surface area contributed by atoms with Crippen molar-refractivity contribution in [1.29, 1.82) is 0 Å². The van der Waals surface area contributed by atoms with Crippen LogP contribution in [0.15, 0.2) is 0 Å². The Hall–Kier alpha value is -0.330. The molecular formula is C10H20BrNO4. The summed E-state index contributed by atoms with van der Waals surface area (Å²) >= 11 is 3.13. The molecule has 0 saturated heterocycles. The van der Waals surface area contributed by atoms with Gasteiger partial charge in [-0.3, -0.25) is 0 Å². The van der Waals surface area contributed by atoms with E-state index in [0.29, 0.717) is 31.9 Å². The maximum Gasteiger partial charge on any atom is 0.407 e. The third-order valence-electron chi connectivity index (χ3n) is 1.36. The van der Waals surface area contributed by atoms with Crippen molar-refractivity contribution in [3.63, 3.8) is 0 Å². The fraction of sp³-hybridized carbons (Fsp3) is 0.900. The quantitative estimate of drug-likeness (QED) is 0.576. The minimum Gasteiger partial charge on any atom is -0.444 e. The van der Waals surface area contributed by atoms with Crippen molar-refractivity contribution in [3.05, 3.63) is 0 Å². The standard InChI is InChI=1S/C10H20BrNO4/c1-10(2,3)16-9(13)12-4-5-14-6-7-15-8-11/h4-8H2,1-3H3,(H,12,13). The number of hydrogen-bond donors (Lipinski definition) is 1. The molecule has 0 aromatic heterocycles.